The van der Waals surface area contributed by atoms with E-state index < -0.39 is 86.8 Å². The van der Waals surface area contributed by atoms with Gasteiger partial charge >= 0.3 is 0 Å². The Morgan fingerprint density at radius 1 is 0.529 bits per heavy atom. The Balaban J connectivity index is 1.81. The number of hydrogen-bond donors (Lipinski definition) is 9. The van der Waals surface area contributed by atoms with Crippen LogP contribution in [0.15, 0.2) is 36.5 Å². The summed E-state index contributed by atoms with van der Waals surface area (Å²) in [7, 11) is 0. The van der Waals surface area contributed by atoms with Crippen molar-refractivity contribution in [1.82, 2.24) is 5.32 Å². The van der Waals surface area contributed by atoms with Crippen molar-refractivity contribution in [3.05, 3.63) is 36.5 Å². The Bertz CT molecular complexity index is 1280. The van der Waals surface area contributed by atoms with Crippen molar-refractivity contribution < 1.29 is 64.6 Å². The molecule has 2 fully saturated rings. The molecule has 12 atom stereocenters. The number of aliphatic hydroxyl groups is 8. The van der Waals surface area contributed by atoms with Gasteiger partial charge in [-0.3, -0.25) is 4.79 Å². The second-order valence-corrected chi connectivity index (χ2v) is 19.4. The highest BCUT2D eigenvalue weighted by Gasteiger charge is 2.51. The molecule has 0 aromatic rings. The largest absolute Gasteiger partial charge is 0.394 e. The highest BCUT2D eigenvalue weighted by atomic mass is 16.7. The van der Waals surface area contributed by atoms with Crippen LogP contribution in [0.2, 0.25) is 0 Å². The number of nitrogens with one attached hydrogen (secondary N) is 1. The van der Waals surface area contributed by atoms with Crippen LogP contribution < -0.4 is 5.32 Å². The molecule has 0 aromatic heterocycles. The van der Waals surface area contributed by atoms with Gasteiger partial charge in [-0.2, -0.15) is 0 Å². The lowest BCUT2D eigenvalue weighted by molar-refractivity contribution is -0.359. The van der Waals surface area contributed by atoms with Crippen molar-refractivity contribution in [2.24, 2.45) is 0 Å². The van der Waals surface area contributed by atoms with E-state index in [0.717, 1.165) is 70.6 Å². The van der Waals surface area contributed by atoms with Gasteiger partial charge in [-0.25, -0.2) is 0 Å². The second kappa shape index (κ2) is 40.8. The minimum absolute atomic E-state index is 0.254. The zero-order valence-corrected chi connectivity index (χ0v) is 42.3. The van der Waals surface area contributed by atoms with Crippen LogP contribution in [0.1, 0.15) is 206 Å². The molecular formula is C54H99NO13. The first kappa shape index (κ1) is 62.3. The number of carbonyl (C=O) groups is 1. The van der Waals surface area contributed by atoms with E-state index in [0.29, 0.717) is 6.42 Å². The number of aliphatic hydroxyl groups excluding tert-OH is 8. The smallest absolute Gasteiger partial charge is 0.220 e. The number of allylic oxidation sites excluding steroid dienone is 5. The summed E-state index contributed by atoms with van der Waals surface area (Å²) in [4.78, 5) is 13.2. The van der Waals surface area contributed by atoms with E-state index in [1.165, 1.54) is 109 Å². The topological polar surface area (TPSA) is 228 Å². The summed E-state index contributed by atoms with van der Waals surface area (Å²) in [6, 6.07) is -0.920. The van der Waals surface area contributed by atoms with Gasteiger partial charge in [-0.15, -0.1) is 0 Å². The van der Waals surface area contributed by atoms with Gasteiger partial charge < -0.3 is 65.1 Å². The quantitative estimate of drug-likeness (QED) is 0.0210. The molecule has 2 rings (SSSR count). The molecule has 14 nitrogen and oxygen atoms in total. The van der Waals surface area contributed by atoms with Gasteiger partial charge in [0.1, 0.15) is 48.8 Å². The highest BCUT2D eigenvalue weighted by molar-refractivity contribution is 5.76. The molecule has 0 saturated carbocycles. The molecule has 9 N–H and O–H groups in total. The molecule has 68 heavy (non-hydrogen) atoms. The molecule has 12 unspecified atom stereocenters. The van der Waals surface area contributed by atoms with Crippen LogP contribution in [0.5, 0.6) is 0 Å². The van der Waals surface area contributed by atoms with Gasteiger partial charge in [-0.05, 0) is 44.9 Å². The maximum atomic E-state index is 13.2. The van der Waals surface area contributed by atoms with Gasteiger partial charge in [0.05, 0.1) is 32.0 Å². The fourth-order valence-corrected chi connectivity index (χ4v) is 8.86. The Morgan fingerprint density at radius 2 is 1.00 bits per heavy atom. The fraction of sp³-hybridized carbons (Fsp3) is 0.870. The lowest BCUT2D eigenvalue weighted by atomic mass is 9.97. The molecule has 0 bridgehead atoms. The van der Waals surface area contributed by atoms with E-state index in [2.05, 4.69) is 43.5 Å². The average Bonchev–Trinajstić information content (AvgIpc) is 3.34. The summed E-state index contributed by atoms with van der Waals surface area (Å²) in [6.07, 6.45) is 30.4. The summed E-state index contributed by atoms with van der Waals surface area (Å²) >= 11 is 0. The van der Waals surface area contributed by atoms with Gasteiger partial charge in [0.15, 0.2) is 12.6 Å². The summed E-state index contributed by atoms with van der Waals surface area (Å²) in [5.74, 6) is -0.254. The first-order chi connectivity index (χ1) is 33.1. The molecule has 0 aromatic carbocycles. The number of carbonyl (C=O) groups excluding carboxylic acids is 1. The van der Waals surface area contributed by atoms with E-state index in [1.807, 2.05) is 6.08 Å². The van der Waals surface area contributed by atoms with Crippen LogP contribution in [-0.2, 0) is 23.7 Å². The molecule has 0 aliphatic carbocycles. The van der Waals surface area contributed by atoms with Crippen LogP contribution >= 0.6 is 0 Å². The number of hydrogen-bond acceptors (Lipinski definition) is 13. The molecule has 0 radical (unpaired) electrons. The lowest BCUT2D eigenvalue weighted by Crippen LogP contribution is -2.65. The van der Waals surface area contributed by atoms with Crippen molar-refractivity contribution >= 4 is 5.91 Å². The van der Waals surface area contributed by atoms with E-state index in [1.54, 1.807) is 6.08 Å². The SMILES string of the molecule is CCC/C=C\C/C=C\CCCCCCCC(=O)NC(COC1OC(CO)C(OC2OC(CO)C(O)C(O)C2O)C(O)C1O)C(O)/C=C/CCCCCCCCCCCCCCCCCCCCC. The molecule has 1 amide bonds. The first-order valence-corrected chi connectivity index (χ1v) is 27.2. The van der Waals surface area contributed by atoms with Gasteiger partial charge in [-0.1, -0.05) is 192 Å². The van der Waals surface area contributed by atoms with Crippen molar-refractivity contribution in [2.45, 2.75) is 280 Å². The minimum atomic E-state index is -1.79. The minimum Gasteiger partial charge on any atom is -0.394 e. The van der Waals surface area contributed by atoms with Crippen LogP contribution in [-0.4, -0.2) is 140 Å². The molecule has 398 valence electrons. The zero-order valence-electron chi connectivity index (χ0n) is 42.3. The van der Waals surface area contributed by atoms with Gasteiger partial charge in [0, 0.05) is 6.42 Å². The number of ether oxygens (including phenoxy) is 4. The van der Waals surface area contributed by atoms with E-state index >= 15 is 0 Å². The fourth-order valence-electron chi connectivity index (χ4n) is 8.86. The Labute approximate surface area is 411 Å². The summed E-state index contributed by atoms with van der Waals surface area (Å²) in [5, 5.41) is 86.8. The van der Waals surface area contributed by atoms with Crippen LogP contribution in [0, 0.1) is 0 Å². The van der Waals surface area contributed by atoms with Crippen molar-refractivity contribution in [1.29, 1.82) is 0 Å². The average molecular weight is 970 g/mol. The number of unbranched alkanes of at least 4 members (excludes halogenated alkanes) is 25. The standard InChI is InChI=1S/C54H99NO13/c1-3-5-7-9-11-13-15-17-18-19-20-21-22-23-24-26-27-29-31-33-35-37-43(58)42(55-46(59)38-36-34-32-30-28-25-16-14-12-10-8-6-4-2)41-65-53-51(64)49(62)52(45(40-57)67-53)68-54-50(63)48(61)47(60)44(39-56)66-54/h8,10,14,16,35,37,42-45,47-54,56-58,60-64H,3-7,9,11-13,15,17-34,36,38-41H2,1-2H3,(H,55,59)/b10-8-,16-14-,37-35+. The van der Waals surface area contributed by atoms with E-state index in [-0.39, 0.29) is 18.9 Å². The van der Waals surface area contributed by atoms with Crippen molar-refractivity contribution in [3.8, 4) is 0 Å². The third-order valence-electron chi connectivity index (χ3n) is 13.3. The predicted octanol–water partition coefficient (Wildman–Crippen LogP) is 7.88. The van der Waals surface area contributed by atoms with Crippen LogP contribution in [0.25, 0.3) is 0 Å². The Morgan fingerprint density at radius 3 is 1.53 bits per heavy atom. The lowest BCUT2D eigenvalue weighted by Gasteiger charge is -2.46. The summed E-state index contributed by atoms with van der Waals surface area (Å²) in [5.41, 5.74) is 0. The normalized spacial score (nSPS) is 26.6. The summed E-state index contributed by atoms with van der Waals surface area (Å²) in [6.45, 7) is 2.72. The molecule has 2 aliphatic rings. The zero-order chi connectivity index (χ0) is 49.6. The van der Waals surface area contributed by atoms with Crippen molar-refractivity contribution in [3.63, 3.8) is 0 Å². The maximum Gasteiger partial charge on any atom is 0.220 e. The molecular weight excluding hydrogens is 871 g/mol. The molecule has 0 spiro atoms. The Hall–Kier alpha value is -1.79. The van der Waals surface area contributed by atoms with Crippen LogP contribution in [0.3, 0.4) is 0 Å². The highest BCUT2D eigenvalue weighted by Crippen LogP contribution is 2.30. The third kappa shape index (κ3) is 27.1. The maximum absolute atomic E-state index is 13.2. The number of rotatable bonds is 42. The van der Waals surface area contributed by atoms with Crippen molar-refractivity contribution in [2.75, 3.05) is 19.8 Å². The van der Waals surface area contributed by atoms with E-state index in [4.69, 9.17) is 18.9 Å². The predicted molar refractivity (Wildman–Crippen MR) is 268 cm³/mol. The molecule has 2 heterocycles. The van der Waals surface area contributed by atoms with Gasteiger partial charge in [0.25, 0.3) is 0 Å². The van der Waals surface area contributed by atoms with Gasteiger partial charge in [0.2, 0.25) is 5.91 Å². The van der Waals surface area contributed by atoms with Crippen LogP contribution in [0.4, 0.5) is 0 Å². The molecule has 2 aliphatic heterocycles. The van der Waals surface area contributed by atoms with E-state index in [9.17, 15) is 45.6 Å². The number of amides is 1. The molecule has 14 heteroatoms. The second-order valence-electron chi connectivity index (χ2n) is 19.4. The first-order valence-electron chi connectivity index (χ1n) is 27.2. The molecule has 2 saturated heterocycles. The monoisotopic (exact) mass is 970 g/mol. The Kier molecular flexibility index (Phi) is 37.4. The third-order valence-corrected chi connectivity index (χ3v) is 13.3. The summed E-state index contributed by atoms with van der Waals surface area (Å²) < 4.78 is 22.7.